The molecule has 2 aromatic rings. The highest BCUT2D eigenvalue weighted by molar-refractivity contribution is 9.09. The van der Waals surface area contributed by atoms with Crippen molar-refractivity contribution in [3.05, 3.63) is 69.5 Å². The molecule has 94 valence electrons. The second-order valence-electron chi connectivity index (χ2n) is 3.94. The molecule has 0 bridgehead atoms. The average molecular weight is 348 g/mol. The molecule has 1 atom stereocenters. The topological polar surface area (TPSA) is 0 Å². The van der Waals surface area contributed by atoms with Crippen molar-refractivity contribution in [3.8, 4) is 0 Å². The van der Waals surface area contributed by atoms with E-state index >= 15 is 0 Å². The lowest BCUT2D eigenvalue weighted by atomic mass is 10.0. The van der Waals surface area contributed by atoms with E-state index < -0.39 is 5.82 Å². The highest BCUT2D eigenvalue weighted by atomic mass is 79.9. The molecular formula is C14H10BrCl2F. The molecule has 0 aromatic heterocycles. The maximum absolute atomic E-state index is 13.4. The Labute approximate surface area is 124 Å². The summed E-state index contributed by atoms with van der Waals surface area (Å²) in [4.78, 5) is -0.0424. The van der Waals surface area contributed by atoms with Crippen molar-refractivity contribution in [2.24, 2.45) is 0 Å². The van der Waals surface area contributed by atoms with E-state index in [0.29, 0.717) is 11.4 Å². The molecule has 0 fully saturated rings. The van der Waals surface area contributed by atoms with Crippen molar-refractivity contribution in [1.82, 2.24) is 0 Å². The first kappa shape index (κ1) is 13.9. The van der Waals surface area contributed by atoms with E-state index in [1.165, 1.54) is 6.07 Å². The zero-order valence-corrected chi connectivity index (χ0v) is 12.4. The number of halogens is 4. The molecule has 0 heterocycles. The van der Waals surface area contributed by atoms with Crippen molar-refractivity contribution in [3.63, 3.8) is 0 Å². The Morgan fingerprint density at radius 3 is 2.56 bits per heavy atom. The van der Waals surface area contributed by atoms with Gasteiger partial charge < -0.3 is 0 Å². The molecule has 2 rings (SSSR count). The van der Waals surface area contributed by atoms with Gasteiger partial charge in [0.1, 0.15) is 5.82 Å². The largest absolute Gasteiger partial charge is 0.205 e. The minimum Gasteiger partial charge on any atom is -0.205 e. The van der Waals surface area contributed by atoms with Crippen LogP contribution in [-0.4, -0.2) is 0 Å². The molecular weight excluding hydrogens is 338 g/mol. The Balaban J connectivity index is 2.22. The van der Waals surface area contributed by atoms with Crippen molar-refractivity contribution in [1.29, 1.82) is 0 Å². The second-order valence-corrected chi connectivity index (χ2v) is 5.86. The number of rotatable bonds is 3. The van der Waals surface area contributed by atoms with Gasteiger partial charge in [0.2, 0.25) is 0 Å². The van der Waals surface area contributed by atoms with Crippen LogP contribution < -0.4 is 0 Å². The van der Waals surface area contributed by atoms with Crippen molar-refractivity contribution in [2.75, 3.05) is 0 Å². The summed E-state index contributed by atoms with van der Waals surface area (Å²) in [5.74, 6) is -0.398. The van der Waals surface area contributed by atoms with Crippen molar-refractivity contribution >= 4 is 39.1 Å². The molecule has 0 saturated heterocycles. The fourth-order valence-corrected chi connectivity index (χ4v) is 3.10. The lowest BCUT2D eigenvalue weighted by Crippen LogP contribution is -1.97. The maximum Gasteiger partial charge on any atom is 0.142 e. The lowest BCUT2D eigenvalue weighted by Gasteiger charge is -2.12. The van der Waals surface area contributed by atoms with E-state index in [9.17, 15) is 4.39 Å². The molecule has 0 saturated carbocycles. The van der Waals surface area contributed by atoms with Gasteiger partial charge in [-0.1, -0.05) is 63.4 Å². The summed E-state index contributed by atoms with van der Waals surface area (Å²) in [6.45, 7) is 0. The van der Waals surface area contributed by atoms with Gasteiger partial charge in [-0.2, -0.15) is 0 Å². The molecule has 0 amide bonds. The summed E-state index contributed by atoms with van der Waals surface area (Å²) in [5.41, 5.74) is 1.82. The Kier molecular flexibility index (Phi) is 4.66. The summed E-state index contributed by atoms with van der Waals surface area (Å²) in [5, 5.41) is 0.860. The summed E-state index contributed by atoms with van der Waals surface area (Å²) in [6.07, 6.45) is 0.698. The van der Waals surface area contributed by atoms with Gasteiger partial charge in [-0.05, 0) is 35.7 Å². The molecule has 0 radical (unpaired) electrons. The summed E-state index contributed by atoms with van der Waals surface area (Å²) >= 11 is 15.4. The minimum atomic E-state index is -0.398. The number of hydrogen-bond donors (Lipinski definition) is 0. The molecule has 1 unspecified atom stereocenters. The van der Waals surface area contributed by atoms with Crippen LogP contribution in [0.15, 0.2) is 42.5 Å². The highest BCUT2D eigenvalue weighted by Crippen LogP contribution is 2.33. The summed E-state index contributed by atoms with van der Waals surface area (Å²) in [6, 6.07) is 12.4. The zero-order valence-electron chi connectivity index (χ0n) is 9.34. The van der Waals surface area contributed by atoms with Crippen LogP contribution in [0.1, 0.15) is 16.0 Å². The molecule has 0 aliphatic carbocycles. The fourth-order valence-electron chi connectivity index (χ4n) is 1.74. The van der Waals surface area contributed by atoms with Crippen LogP contribution in [0.2, 0.25) is 10.0 Å². The standard InChI is InChI=1S/C14H10BrCl2F/c15-12(8-9-3-1-4-10(16)7-9)11-5-2-6-13(18)14(11)17/h1-7,12H,8H2. The molecule has 0 spiro atoms. The van der Waals surface area contributed by atoms with E-state index in [1.54, 1.807) is 6.07 Å². The van der Waals surface area contributed by atoms with Crippen LogP contribution in [-0.2, 0) is 6.42 Å². The monoisotopic (exact) mass is 346 g/mol. The Morgan fingerprint density at radius 1 is 1.11 bits per heavy atom. The molecule has 0 nitrogen and oxygen atoms in total. The van der Waals surface area contributed by atoms with Crippen LogP contribution in [0.4, 0.5) is 4.39 Å². The Bertz CT molecular complexity index is 557. The number of hydrogen-bond acceptors (Lipinski definition) is 0. The minimum absolute atomic E-state index is 0.0424. The smallest absolute Gasteiger partial charge is 0.142 e. The third kappa shape index (κ3) is 3.25. The van der Waals surface area contributed by atoms with E-state index in [1.807, 2.05) is 30.3 Å². The number of alkyl halides is 1. The van der Waals surface area contributed by atoms with Gasteiger partial charge >= 0.3 is 0 Å². The third-order valence-electron chi connectivity index (χ3n) is 2.62. The molecule has 18 heavy (non-hydrogen) atoms. The van der Waals surface area contributed by atoms with Gasteiger partial charge in [-0.3, -0.25) is 0 Å². The van der Waals surface area contributed by atoms with Gasteiger partial charge in [0.15, 0.2) is 0 Å². The van der Waals surface area contributed by atoms with Gasteiger partial charge in [0, 0.05) is 9.85 Å². The molecule has 0 aliphatic rings. The van der Waals surface area contributed by atoms with E-state index in [2.05, 4.69) is 15.9 Å². The highest BCUT2D eigenvalue weighted by Gasteiger charge is 2.14. The van der Waals surface area contributed by atoms with Crippen LogP contribution in [0.5, 0.6) is 0 Å². The Hall–Kier alpha value is -0.570. The van der Waals surface area contributed by atoms with Crippen molar-refractivity contribution in [2.45, 2.75) is 11.2 Å². The fraction of sp³-hybridized carbons (Fsp3) is 0.143. The van der Waals surface area contributed by atoms with Crippen LogP contribution in [0, 0.1) is 5.82 Å². The maximum atomic E-state index is 13.4. The van der Waals surface area contributed by atoms with Crippen molar-refractivity contribution < 1.29 is 4.39 Å². The Morgan fingerprint density at radius 2 is 1.83 bits per heavy atom. The first-order valence-corrected chi connectivity index (χ1v) is 7.07. The predicted molar refractivity (Wildman–Crippen MR) is 78.2 cm³/mol. The van der Waals surface area contributed by atoms with E-state index in [4.69, 9.17) is 23.2 Å². The number of benzene rings is 2. The lowest BCUT2D eigenvalue weighted by molar-refractivity contribution is 0.625. The van der Waals surface area contributed by atoms with Gasteiger partial charge in [-0.25, -0.2) is 4.39 Å². The first-order chi connectivity index (χ1) is 8.58. The third-order valence-corrected chi connectivity index (χ3v) is 4.07. The van der Waals surface area contributed by atoms with Gasteiger partial charge in [0.25, 0.3) is 0 Å². The first-order valence-electron chi connectivity index (χ1n) is 5.40. The predicted octanol–water partition coefficient (Wildman–Crippen LogP) is 5.81. The average Bonchev–Trinajstić information content (AvgIpc) is 2.32. The SMILES string of the molecule is Fc1cccc(C(Br)Cc2cccc(Cl)c2)c1Cl. The molecule has 4 heteroatoms. The van der Waals surface area contributed by atoms with Crippen LogP contribution >= 0.6 is 39.1 Å². The summed E-state index contributed by atoms with van der Waals surface area (Å²) in [7, 11) is 0. The quantitative estimate of drug-likeness (QED) is 0.614. The van der Waals surface area contributed by atoms with Gasteiger partial charge in [-0.15, -0.1) is 0 Å². The van der Waals surface area contributed by atoms with E-state index in [0.717, 1.165) is 11.1 Å². The molecule has 0 aliphatic heterocycles. The molecule has 0 N–H and O–H groups in total. The summed E-state index contributed by atoms with van der Waals surface area (Å²) < 4.78 is 13.4. The normalized spacial score (nSPS) is 12.4. The zero-order chi connectivity index (χ0) is 13.1. The van der Waals surface area contributed by atoms with Gasteiger partial charge in [0.05, 0.1) is 5.02 Å². The van der Waals surface area contributed by atoms with Crippen LogP contribution in [0.3, 0.4) is 0 Å². The second kappa shape index (κ2) is 6.05. The van der Waals surface area contributed by atoms with Crippen LogP contribution in [0.25, 0.3) is 0 Å². The molecule has 2 aromatic carbocycles. The van der Waals surface area contributed by atoms with E-state index in [-0.39, 0.29) is 9.85 Å².